The first kappa shape index (κ1) is 54.9. The van der Waals surface area contributed by atoms with Crippen LogP contribution in [0.25, 0.3) is 0 Å². The number of carbonyl (C=O) groups excluding carboxylic acids is 2. The van der Waals surface area contributed by atoms with Crippen molar-refractivity contribution in [1.29, 1.82) is 0 Å². The molecule has 0 aromatic heterocycles. The van der Waals surface area contributed by atoms with Crippen molar-refractivity contribution < 1.29 is 19.1 Å². The van der Waals surface area contributed by atoms with Crippen LogP contribution in [0, 0.1) is 0 Å². The van der Waals surface area contributed by atoms with Gasteiger partial charge in [-0.2, -0.15) is 0 Å². The largest absolute Gasteiger partial charge is 0.462 e. The maximum absolute atomic E-state index is 13.0. The standard InChI is InChI=1S/C52H102N2O4/c1-5-9-13-17-21-25-29-33-43-53(44-34-30-26-22-18-14-10-6-2)47-41-51(55)57-49-37-39-50(40-38-49)58-52(56)42-48-54(45-35-31-27-23-19-15-11-7-3)46-36-32-28-24-20-16-12-8-4/h49-50H,5-48H2,1-4H3/t49-,50-. The highest BCUT2D eigenvalue weighted by Gasteiger charge is 2.26. The summed E-state index contributed by atoms with van der Waals surface area (Å²) < 4.78 is 12.0. The van der Waals surface area contributed by atoms with Crippen LogP contribution in [0.2, 0.25) is 0 Å². The van der Waals surface area contributed by atoms with E-state index >= 15 is 0 Å². The molecule has 1 rings (SSSR count). The SMILES string of the molecule is CCCCCCCCCCN(CCCCCCCCCC)CCC(=O)O[C@H]1CC[C@H](OC(=O)CCN(CCCCCCCCCC)CCCCCCCCCC)CC1. The van der Waals surface area contributed by atoms with Gasteiger partial charge in [0, 0.05) is 13.1 Å². The average Bonchev–Trinajstić information content (AvgIpc) is 3.22. The van der Waals surface area contributed by atoms with Crippen molar-refractivity contribution in [3.8, 4) is 0 Å². The van der Waals surface area contributed by atoms with Crippen LogP contribution in [-0.4, -0.2) is 73.2 Å². The molecular weight excluding hydrogens is 717 g/mol. The molecule has 0 atom stereocenters. The first-order valence-electron chi connectivity index (χ1n) is 26.4. The molecule has 1 aliphatic rings. The van der Waals surface area contributed by atoms with Gasteiger partial charge in [0.15, 0.2) is 0 Å². The summed E-state index contributed by atoms with van der Waals surface area (Å²) in [5.74, 6) is -0.101. The van der Waals surface area contributed by atoms with Gasteiger partial charge in [0.25, 0.3) is 0 Å². The Bertz CT molecular complexity index is 765. The van der Waals surface area contributed by atoms with Crippen molar-refractivity contribution in [2.24, 2.45) is 0 Å². The molecule has 1 fully saturated rings. The zero-order valence-corrected chi connectivity index (χ0v) is 39.8. The molecule has 0 aromatic rings. The molecule has 58 heavy (non-hydrogen) atoms. The fourth-order valence-electron chi connectivity index (χ4n) is 8.80. The third-order valence-electron chi connectivity index (χ3n) is 12.8. The van der Waals surface area contributed by atoms with E-state index in [9.17, 15) is 9.59 Å². The van der Waals surface area contributed by atoms with Gasteiger partial charge < -0.3 is 19.3 Å². The quantitative estimate of drug-likeness (QED) is 0.0451. The second kappa shape index (κ2) is 42.5. The van der Waals surface area contributed by atoms with E-state index < -0.39 is 0 Å². The molecule has 6 heteroatoms. The first-order valence-corrected chi connectivity index (χ1v) is 26.4. The van der Waals surface area contributed by atoms with Gasteiger partial charge in [-0.15, -0.1) is 0 Å². The fourth-order valence-corrected chi connectivity index (χ4v) is 8.80. The molecule has 0 N–H and O–H groups in total. The molecule has 6 nitrogen and oxygen atoms in total. The highest BCUT2D eigenvalue weighted by atomic mass is 16.6. The maximum atomic E-state index is 13.0. The van der Waals surface area contributed by atoms with Crippen molar-refractivity contribution in [2.75, 3.05) is 39.3 Å². The Morgan fingerprint density at radius 2 is 0.534 bits per heavy atom. The maximum Gasteiger partial charge on any atom is 0.307 e. The summed E-state index contributed by atoms with van der Waals surface area (Å²) in [5, 5.41) is 0. The van der Waals surface area contributed by atoms with Gasteiger partial charge in [0.2, 0.25) is 0 Å². The number of carbonyl (C=O) groups is 2. The van der Waals surface area contributed by atoms with E-state index in [1.807, 2.05) is 0 Å². The average molecular weight is 819 g/mol. The van der Waals surface area contributed by atoms with Crippen LogP contribution in [-0.2, 0) is 19.1 Å². The molecule has 0 heterocycles. The lowest BCUT2D eigenvalue weighted by molar-refractivity contribution is -0.158. The molecule has 0 bridgehead atoms. The Balaban J connectivity index is 2.40. The van der Waals surface area contributed by atoms with E-state index in [0.29, 0.717) is 12.8 Å². The number of rotatable bonds is 44. The summed E-state index contributed by atoms with van der Waals surface area (Å²) >= 11 is 0. The summed E-state index contributed by atoms with van der Waals surface area (Å²) in [6.45, 7) is 15.2. The van der Waals surface area contributed by atoms with Gasteiger partial charge in [-0.25, -0.2) is 0 Å². The number of ether oxygens (including phenoxy) is 2. The Morgan fingerprint density at radius 3 is 0.759 bits per heavy atom. The number of esters is 2. The summed E-state index contributed by atoms with van der Waals surface area (Å²) in [4.78, 5) is 31.1. The van der Waals surface area contributed by atoms with Crippen LogP contribution in [0.3, 0.4) is 0 Å². The molecule has 344 valence electrons. The molecule has 0 aromatic carbocycles. The van der Waals surface area contributed by atoms with Crippen molar-refractivity contribution in [3.63, 3.8) is 0 Å². The van der Waals surface area contributed by atoms with E-state index in [1.165, 1.54) is 205 Å². The minimum Gasteiger partial charge on any atom is -0.462 e. The zero-order chi connectivity index (χ0) is 42.0. The number of hydrogen-bond acceptors (Lipinski definition) is 6. The van der Waals surface area contributed by atoms with E-state index in [1.54, 1.807) is 0 Å². The topological polar surface area (TPSA) is 59.1 Å². The van der Waals surface area contributed by atoms with E-state index in [-0.39, 0.29) is 24.1 Å². The monoisotopic (exact) mass is 819 g/mol. The molecule has 0 amide bonds. The lowest BCUT2D eigenvalue weighted by Gasteiger charge is -2.29. The molecular formula is C52H102N2O4. The number of unbranched alkanes of at least 4 members (excludes halogenated alkanes) is 28. The van der Waals surface area contributed by atoms with Gasteiger partial charge in [0.05, 0.1) is 12.8 Å². The smallest absolute Gasteiger partial charge is 0.307 e. The van der Waals surface area contributed by atoms with Crippen LogP contribution >= 0.6 is 0 Å². The number of nitrogens with zero attached hydrogens (tertiary/aromatic N) is 2. The summed E-state index contributed by atoms with van der Waals surface area (Å²) in [5.41, 5.74) is 0. The van der Waals surface area contributed by atoms with Gasteiger partial charge in [-0.3, -0.25) is 9.59 Å². The summed E-state index contributed by atoms with van der Waals surface area (Å²) in [7, 11) is 0. The van der Waals surface area contributed by atoms with E-state index in [2.05, 4.69) is 37.5 Å². The van der Waals surface area contributed by atoms with Crippen molar-refractivity contribution in [1.82, 2.24) is 9.80 Å². The lowest BCUT2D eigenvalue weighted by atomic mass is 9.95. The van der Waals surface area contributed by atoms with Crippen molar-refractivity contribution >= 4 is 11.9 Å². The molecule has 0 radical (unpaired) electrons. The Hall–Kier alpha value is -1.14. The highest BCUT2D eigenvalue weighted by Crippen LogP contribution is 2.25. The Morgan fingerprint density at radius 1 is 0.328 bits per heavy atom. The minimum absolute atomic E-state index is 0.0369. The number of hydrogen-bond donors (Lipinski definition) is 0. The van der Waals surface area contributed by atoms with Gasteiger partial charge in [0.1, 0.15) is 12.2 Å². The van der Waals surface area contributed by atoms with Crippen LogP contribution in [0.1, 0.15) is 272 Å². The van der Waals surface area contributed by atoms with Crippen molar-refractivity contribution in [2.45, 2.75) is 284 Å². The summed E-state index contributed by atoms with van der Waals surface area (Å²) in [6, 6.07) is 0. The Kier molecular flexibility index (Phi) is 40.3. The summed E-state index contributed by atoms with van der Waals surface area (Å²) in [6.07, 6.45) is 46.8. The predicted molar refractivity (Wildman–Crippen MR) is 251 cm³/mol. The lowest BCUT2D eigenvalue weighted by Crippen LogP contribution is -2.33. The molecule has 0 aliphatic heterocycles. The fraction of sp³-hybridized carbons (Fsp3) is 0.962. The molecule has 1 aliphatic carbocycles. The highest BCUT2D eigenvalue weighted by molar-refractivity contribution is 5.70. The minimum atomic E-state index is -0.0506. The second-order valence-corrected chi connectivity index (χ2v) is 18.5. The molecule has 0 unspecified atom stereocenters. The van der Waals surface area contributed by atoms with Gasteiger partial charge >= 0.3 is 11.9 Å². The second-order valence-electron chi connectivity index (χ2n) is 18.5. The van der Waals surface area contributed by atoms with E-state index in [0.717, 1.165) is 65.0 Å². The molecule has 1 saturated carbocycles. The third kappa shape index (κ3) is 35.6. The van der Waals surface area contributed by atoms with Crippen LogP contribution in [0.4, 0.5) is 0 Å². The van der Waals surface area contributed by atoms with Crippen molar-refractivity contribution in [3.05, 3.63) is 0 Å². The first-order chi connectivity index (χ1) is 28.5. The zero-order valence-electron chi connectivity index (χ0n) is 39.8. The normalized spacial score (nSPS) is 15.8. The van der Waals surface area contributed by atoms with Gasteiger partial charge in [-0.1, -0.05) is 207 Å². The molecule has 0 saturated heterocycles. The van der Waals surface area contributed by atoms with Crippen LogP contribution in [0.15, 0.2) is 0 Å². The third-order valence-corrected chi connectivity index (χ3v) is 12.8. The van der Waals surface area contributed by atoms with Crippen LogP contribution in [0.5, 0.6) is 0 Å². The molecule has 0 spiro atoms. The Labute approximate surface area is 362 Å². The van der Waals surface area contributed by atoms with E-state index in [4.69, 9.17) is 9.47 Å². The predicted octanol–water partition coefficient (Wildman–Crippen LogP) is 15.3. The van der Waals surface area contributed by atoms with Crippen LogP contribution < -0.4 is 0 Å². The van der Waals surface area contributed by atoms with Gasteiger partial charge in [-0.05, 0) is 77.5 Å².